The number of morpholine rings is 1. The highest BCUT2D eigenvalue weighted by Crippen LogP contribution is 2.22. The molecule has 3 aliphatic rings. The van der Waals surface area contributed by atoms with Gasteiger partial charge in [0, 0.05) is 52.2 Å². The third kappa shape index (κ3) is 4.12. The van der Waals surface area contributed by atoms with E-state index < -0.39 is 0 Å². The Morgan fingerprint density at radius 3 is 2.78 bits per heavy atom. The van der Waals surface area contributed by atoms with E-state index in [2.05, 4.69) is 17.9 Å². The topological polar surface area (TPSA) is 53.1 Å². The fraction of sp³-hybridized carbons (Fsp3) is 0.765. The van der Waals surface area contributed by atoms with E-state index in [0.717, 1.165) is 58.9 Å². The van der Waals surface area contributed by atoms with Gasteiger partial charge < -0.3 is 14.5 Å². The zero-order chi connectivity index (χ0) is 16.2. The van der Waals surface area contributed by atoms with Crippen molar-refractivity contribution in [1.82, 2.24) is 14.7 Å². The largest absolute Gasteiger partial charge is 0.379 e. The number of carbonyl (C=O) groups excluding carboxylic acids is 2. The number of likely N-dealkylation sites (tertiary alicyclic amines) is 1. The van der Waals surface area contributed by atoms with E-state index in [0.29, 0.717) is 13.0 Å². The van der Waals surface area contributed by atoms with E-state index in [1.165, 1.54) is 5.57 Å². The maximum atomic E-state index is 12.6. The normalized spacial score (nSPS) is 26.6. The maximum Gasteiger partial charge on any atom is 0.228 e. The zero-order valence-corrected chi connectivity index (χ0v) is 14.0. The van der Waals surface area contributed by atoms with Crippen LogP contribution in [0.2, 0.25) is 0 Å². The zero-order valence-electron chi connectivity index (χ0n) is 14.0. The molecule has 6 nitrogen and oxygen atoms in total. The molecule has 6 heteroatoms. The minimum atomic E-state index is -0.155. The fourth-order valence-corrected chi connectivity index (χ4v) is 3.60. The van der Waals surface area contributed by atoms with Crippen molar-refractivity contribution < 1.29 is 14.3 Å². The van der Waals surface area contributed by atoms with Gasteiger partial charge in [0.1, 0.15) is 0 Å². The summed E-state index contributed by atoms with van der Waals surface area (Å²) in [7, 11) is 0. The molecule has 0 aromatic rings. The van der Waals surface area contributed by atoms with Crippen LogP contribution in [-0.4, -0.2) is 85.5 Å². The Morgan fingerprint density at radius 1 is 1.26 bits per heavy atom. The van der Waals surface area contributed by atoms with Crippen molar-refractivity contribution in [2.45, 2.75) is 19.8 Å². The Hall–Kier alpha value is -1.40. The van der Waals surface area contributed by atoms with Crippen molar-refractivity contribution in [3.63, 3.8) is 0 Å². The molecule has 0 aromatic carbocycles. The molecule has 0 N–H and O–H groups in total. The van der Waals surface area contributed by atoms with E-state index in [4.69, 9.17) is 4.74 Å². The summed E-state index contributed by atoms with van der Waals surface area (Å²) in [6.45, 7) is 9.17. The van der Waals surface area contributed by atoms with Gasteiger partial charge in [-0.1, -0.05) is 11.6 Å². The molecule has 23 heavy (non-hydrogen) atoms. The first-order valence-corrected chi connectivity index (χ1v) is 8.66. The Kier molecular flexibility index (Phi) is 5.33. The summed E-state index contributed by atoms with van der Waals surface area (Å²) < 4.78 is 5.34. The summed E-state index contributed by atoms with van der Waals surface area (Å²) in [6.07, 6.45) is 3.50. The van der Waals surface area contributed by atoms with Gasteiger partial charge in [0.2, 0.25) is 11.8 Å². The fourth-order valence-electron chi connectivity index (χ4n) is 3.60. The summed E-state index contributed by atoms with van der Waals surface area (Å²) in [6, 6.07) is 0. The van der Waals surface area contributed by atoms with Crippen LogP contribution in [0.4, 0.5) is 0 Å². The van der Waals surface area contributed by atoms with Crippen LogP contribution < -0.4 is 0 Å². The summed E-state index contributed by atoms with van der Waals surface area (Å²) in [5, 5.41) is 0. The molecule has 3 aliphatic heterocycles. The van der Waals surface area contributed by atoms with Gasteiger partial charge >= 0.3 is 0 Å². The number of hydrogen-bond acceptors (Lipinski definition) is 4. The quantitative estimate of drug-likeness (QED) is 0.701. The van der Waals surface area contributed by atoms with E-state index in [-0.39, 0.29) is 17.7 Å². The van der Waals surface area contributed by atoms with Crippen molar-refractivity contribution in [2.24, 2.45) is 5.92 Å². The number of amides is 2. The van der Waals surface area contributed by atoms with Gasteiger partial charge in [-0.25, -0.2) is 0 Å². The molecular weight excluding hydrogens is 294 g/mol. The van der Waals surface area contributed by atoms with Crippen LogP contribution >= 0.6 is 0 Å². The lowest BCUT2D eigenvalue weighted by molar-refractivity contribution is -0.135. The second-order valence-corrected chi connectivity index (χ2v) is 6.79. The number of carbonyl (C=O) groups is 2. The Bertz CT molecular complexity index is 485. The van der Waals surface area contributed by atoms with Crippen LogP contribution in [0.15, 0.2) is 11.6 Å². The van der Waals surface area contributed by atoms with E-state index in [1.54, 1.807) is 0 Å². The average Bonchev–Trinajstić information content (AvgIpc) is 2.94. The Labute approximate surface area is 138 Å². The molecule has 0 radical (unpaired) electrons. The molecule has 0 bridgehead atoms. The highest BCUT2D eigenvalue weighted by atomic mass is 16.5. The Morgan fingerprint density at radius 2 is 2.04 bits per heavy atom. The van der Waals surface area contributed by atoms with Crippen LogP contribution in [0.1, 0.15) is 19.8 Å². The van der Waals surface area contributed by atoms with Gasteiger partial charge in [0.05, 0.1) is 19.1 Å². The first-order valence-electron chi connectivity index (χ1n) is 8.66. The SMILES string of the molecule is CC1=CCCN(C(=O)C2CC(=O)N(CCN3CCOCC3)C2)C1. The minimum absolute atomic E-state index is 0.126. The molecule has 2 saturated heterocycles. The number of hydrogen-bond donors (Lipinski definition) is 0. The number of rotatable bonds is 4. The summed E-state index contributed by atoms with van der Waals surface area (Å²) in [4.78, 5) is 31.0. The molecule has 2 fully saturated rings. The monoisotopic (exact) mass is 321 g/mol. The molecule has 0 aliphatic carbocycles. The van der Waals surface area contributed by atoms with Crippen molar-refractivity contribution >= 4 is 11.8 Å². The van der Waals surface area contributed by atoms with E-state index in [1.807, 2.05) is 9.80 Å². The van der Waals surface area contributed by atoms with Gasteiger partial charge in [-0.15, -0.1) is 0 Å². The number of ether oxygens (including phenoxy) is 1. The lowest BCUT2D eigenvalue weighted by atomic mass is 10.0. The third-order valence-corrected chi connectivity index (χ3v) is 5.00. The second-order valence-electron chi connectivity index (χ2n) is 6.79. The standard InChI is InChI=1S/C17H27N3O3/c1-14-3-2-4-20(12-14)17(22)15-11-16(21)19(13-15)6-5-18-7-9-23-10-8-18/h3,15H,2,4-13H2,1H3. The first kappa shape index (κ1) is 16.5. The summed E-state index contributed by atoms with van der Waals surface area (Å²) in [5.74, 6) is 0.124. The van der Waals surface area contributed by atoms with Gasteiger partial charge in [0.25, 0.3) is 0 Å². The van der Waals surface area contributed by atoms with Crippen LogP contribution in [-0.2, 0) is 14.3 Å². The van der Waals surface area contributed by atoms with Gasteiger partial charge in [-0.05, 0) is 13.3 Å². The maximum absolute atomic E-state index is 12.6. The van der Waals surface area contributed by atoms with Gasteiger partial charge in [-0.3, -0.25) is 14.5 Å². The lowest BCUT2D eigenvalue weighted by Gasteiger charge is -2.29. The highest BCUT2D eigenvalue weighted by molar-refractivity contribution is 5.89. The van der Waals surface area contributed by atoms with Crippen molar-refractivity contribution in [1.29, 1.82) is 0 Å². The van der Waals surface area contributed by atoms with Crippen LogP contribution in [0, 0.1) is 5.92 Å². The van der Waals surface area contributed by atoms with Gasteiger partial charge in [-0.2, -0.15) is 0 Å². The second kappa shape index (κ2) is 7.45. The number of nitrogens with zero attached hydrogens (tertiary/aromatic N) is 3. The molecule has 1 unspecified atom stereocenters. The van der Waals surface area contributed by atoms with Crippen LogP contribution in [0.25, 0.3) is 0 Å². The molecule has 0 spiro atoms. The Balaban J connectivity index is 1.48. The van der Waals surface area contributed by atoms with E-state index >= 15 is 0 Å². The molecule has 1 atom stereocenters. The smallest absolute Gasteiger partial charge is 0.228 e. The molecule has 0 aromatic heterocycles. The van der Waals surface area contributed by atoms with Crippen molar-refractivity contribution in [3.05, 3.63) is 11.6 Å². The molecule has 128 valence electrons. The first-order chi connectivity index (χ1) is 11.1. The van der Waals surface area contributed by atoms with Crippen molar-refractivity contribution in [3.8, 4) is 0 Å². The molecular formula is C17H27N3O3. The molecule has 3 heterocycles. The van der Waals surface area contributed by atoms with E-state index in [9.17, 15) is 9.59 Å². The predicted molar refractivity (Wildman–Crippen MR) is 86.9 cm³/mol. The minimum Gasteiger partial charge on any atom is -0.379 e. The van der Waals surface area contributed by atoms with Crippen LogP contribution in [0.3, 0.4) is 0 Å². The van der Waals surface area contributed by atoms with Crippen molar-refractivity contribution in [2.75, 3.05) is 59.0 Å². The lowest BCUT2D eigenvalue weighted by Crippen LogP contribution is -2.43. The molecule has 3 rings (SSSR count). The third-order valence-electron chi connectivity index (χ3n) is 5.00. The average molecular weight is 321 g/mol. The summed E-state index contributed by atoms with van der Waals surface area (Å²) in [5.41, 5.74) is 1.25. The highest BCUT2D eigenvalue weighted by Gasteiger charge is 2.36. The predicted octanol–water partition coefficient (Wildman–Crippen LogP) is 0.346. The van der Waals surface area contributed by atoms with Crippen LogP contribution in [0.5, 0.6) is 0 Å². The molecule has 0 saturated carbocycles. The molecule has 2 amide bonds. The summed E-state index contributed by atoms with van der Waals surface area (Å²) >= 11 is 0. The van der Waals surface area contributed by atoms with Gasteiger partial charge in [0.15, 0.2) is 0 Å².